The van der Waals surface area contributed by atoms with Crippen LogP contribution in [-0.4, -0.2) is 21.8 Å². The first-order valence-electron chi connectivity index (χ1n) is 7.20. The van der Waals surface area contributed by atoms with Crippen LogP contribution < -0.4 is 0 Å². The number of piperidine rings is 1. The van der Waals surface area contributed by atoms with Crippen molar-refractivity contribution in [1.82, 2.24) is 4.90 Å². The third-order valence-electron chi connectivity index (χ3n) is 4.64. The standard InChI is InChI=1S/C16H19NO3/c18-13-6-2-1-5-12(13)11-17-14(19)9-16(10-15(17)20)7-3-4-8-16/h1-2,5-6,18H,3-4,7-11H2. The number of benzene rings is 1. The van der Waals surface area contributed by atoms with E-state index in [2.05, 4.69) is 0 Å². The fraction of sp³-hybridized carbons (Fsp3) is 0.500. The Morgan fingerprint density at radius 1 is 1.05 bits per heavy atom. The summed E-state index contributed by atoms with van der Waals surface area (Å²) < 4.78 is 0. The highest BCUT2D eigenvalue weighted by atomic mass is 16.3. The lowest BCUT2D eigenvalue weighted by atomic mass is 9.76. The second-order valence-corrected chi connectivity index (χ2v) is 6.06. The topological polar surface area (TPSA) is 57.6 Å². The second kappa shape index (κ2) is 4.93. The molecular weight excluding hydrogens is 254 g/mol. The predicted octanol–water partition coefficient (Wildman–Crippen LogP) is 2.60. The lowest BCUT2D eigenvalue weighted by Gasteiger charge is -2.37. The van der Waals surface area contributed by atoms with Crippen molar-refractivity contribution < 1.29 is 14.7 Å². The van der Waals surface area contributed by atoms with Gasteiger partial charge in [0.2, 0.25) is 11.8 Å². The van der Waals surface area contributed by atoms with Crippen LogP contribution in [0, 0.1) is 5.41 Å². The van der Waals surface area contributed by atoms with Gasteiger partial charge >= 0.3 is 0 Å². The van der Waals surface area contributed by atoms with Crippen LogP contribution in [0.15, 0.2) is 24.3 Å². The Hall–Kier alpha value is -1.84. The van der Waals surface area contributed by atoms with Crippen molar-refractivity contribution >= 4 is 11.8 Å². The summed E-state index contributed by atoms with van der Waals surface area (Å²) >= 11 is 0. The molecule has 0 radical (unpaired) electrons. The maximum absolute atomic E-state index is 12.3. The van der Waals surface area contributed by atoms with E-state index in [1.807, 2.05) is 0 Å². The summed E-state index contributed by atoms with van der Waals surface area (Å²) in [4.78, 5) is 25.9. The van der Waals surface area contributed by atoms with Crippen LogP contribution in [0.3, 0.4) is 0 Å². The Kier molecular flexibility index (Phi) is 3.24. The van der Waals surface area contributed by atoms with E-state index in [0.29, 0.717) is 18.4 Å². The van der Waals surface area contributed by atoms with Crippen LogP contribution in [0.1, 0.15) is 44.1 Å². The number of likely N-dealkylation sites (tertiary alicyclic amines) is 1. The van der Waals surface area contributed by atoms with E-state index in [-0.39, 0.29) is 29.5 Å². The number of nitrogens with zero attached hydrogens (tertiary/aromatic N) is 1. The molecule has 2 fully saturated rings. The first kappa shape index (κ1) is 13.2. The summed E-state index contributed by atoms with van der Waals surface area (Å²) in [6.45, 7) is 0.181. The molecule has 2 aliphatic rings. The molecule has 0 bridgehead atoms. The van der Waals surface area contributed by atoms with Crippen molar-refractivity contribution in [2.24, 2.45) is 5.41 Å². The van der Waals surface area contributed by atoms with Gasteiger partial charge in [0.25, 0.3) is 0 Å². The highest BCUT2D eigenvalue weighted by Gasteiger charge is 2.44. The minimum absolute atomic E-state index is 0.0661. The quantitative estimate of drug-likeness (QED) is 0.843. The molecule has 20 heavy (non-hydrogen) atoms. The second-order valence-electron chi connectivity index (χ2n) is 6.06. The number of carbonyl (C=O) groups is 2. The zero-order valence-corrected chi connectivity index (χ0v) is 11.5. The minimum atomic E-state index is -0.0913. The first-order chi connectivity index (χ1) is 9.60. The zero-order chi connectivity index (χ0) is 14.2. The van der Waals surface area contributed by atoms with Crippen LogP contribution in [-0.2, 0) is 16.1 Å². The molecule has 4 heteroatoms. The number of rotatable bonds is 2. The van der Waals surface area contributed by atoms with E-state index >= 15 is 0 Å². The van der Waals surface area contributed by atoms with E-state index in [0.717, 1.165) is 25.7 Å². The molecule has 3 rings (SSSR count). The molecule has 1 aromatic rings. The van der Waals surface area contributed by atoms with Gasteiger partial charge in [-0.25, -0.2) is 0 Å². The van der Waals surface area contributed by atoms with Crippen LogP contribution in [0.4, 0.5) is 0 Å². The molecule has 106 valence electrons. The van der Waals surface area contributed by atoms with E-state index in [1.54, 1.807) is 24.3 Å². The molecule has 0 aromatic heterocycles. The highest BCUT2D eigenvalue weighted by molar-refractivity contribution is 5.98. The molecule has 1 heterocycles. The lowest BCUT2D eigenvalue weighted by molar-refractivity contribution is -0.154. The fourth-order valence-corrected chi connectivity index (χ4v) is 3.50. The van der Waals surface area contributed by atoms with Crippen LogP contribution in [0.25, 0.3) is 0 Å². The molecule has 1 spiro atoms. The molecule has 1 aliphatic heterocycles. The van der Waals surface area contributed by atoms with Gasteiger partial charge in [-0.2, -0.15) is 0 Å². The average Bonchev–Trinajstić information content (AvgIpc) is 2.84. The van der Waals surface area contributed by atoms with Gasteiger partial charge in [-0.1, -0.05) is 31.0 Å². The van der Waals surface area contributed by atoms with Gasteiger partial charge in [-0.3, -0.25) is 14.5 Å². The zero-order valence-electron chi connectivity index (χ0n) is 11.5. The number of para-hydroxylation sites is 1. The number of phenolic OH excluding ortho intramolecular Hbond substituents is 1. The molecular formula is C16H19NO3. The number of hydrogen-bond donors (Lipinski definition) is 1. The van der Waals surface area contributed by atoms with E-state index < -0.39 is 0 Å². The monoisotopic (exact) mass is 273 g/mol. The van der Waals surface area contributed by atoms with Gasteiger partial charge in [0.15, 0.2) is 0 Å². The average molecular weight is 273 g/mol. The molecule has 4 nitrogen and oxygen atoms in total. The van der Waals surface area contributed by atoms with E-state index in [1.165, 1.54) is 4.90 Å². The van der Waals surface area contributed by atoms with Crippen molar-refractivity contribution in [3.8, 4) is 5.75 Å². The van der Waals surface area contributed by atoms with Crippen molar-refractivity contribution in [3.05, 3.63) is 29.8 Å². The molecule has 1 aliphatic carbocycles. The Morgan fingerprint density at radius 3 is 2.25 bits per heavy atom. The fourth-order valence-electron chi connectivity index (χ4n) is 3.50. The third-order valence-corrected chi connectivity index (χ3v) is 4.64. The van der Waals surface area contributed by atoms with Crippen molar-refractivity contribution in [2.75, 3.05) is 0 Å². The van der Waals surface area contributed by atoms with Crippen molar-refractivity contribution in [3.63, 3.8) is 0 Å². The van der Waals surface area contributed by atoms with Gasteiger partial charge in [-0.05, 0) is 24.3 Å². The minimum Gasteiger partial charge on any atom is -0.508 e. The molecule has 1 saturated carbocycles. The molecule has 1 saturated heterocycles. The van der Waals surface area contributed by atoms with E-state index in [9.17, 15) is 14.7 Å². The number of imide groups is 1. The number of aromatic hydroxyl groups is 1. The lowest BCUT2D eigenvalue weighted by Crippen LogP contribution is -2.46. The summed E-state index contributed by atoms with van der Waals surface area (Å²) in [6, 6.07) is 6.85. The Morgan fingerprint density at radius 2 is 1.65 bits per heavy atom. The smallest absolute Gasteiger partial charge is 0.230 e. The summed E-state index contributed by atoms with van der Waals surface area (Å²) in [6.07, 6.45) is 5.20. The van der Waals surface area contributed by atoms with Crippen molar-refractivity contribution in [1.29, 1.82) is 0 Å². The summed E-state index contributed by atoms with van der Waals surface area (Å²) in [5, 5.41) is 9.77. The highest BCUT2D eigenvalue weighted by Crippen LogP contribution is 2.47. The Bertz CT molecular complexity index is 526. The third kappa shape index (κ3) is 2.30. The SMILES string of the molecule is O=C1CC2(CCCC2)CC(=O)N1Cc1ccccc1O. The van der Waals surface area contributed by atoms with Gasteiger partial charge in [0, 0.05) is 18.4 Å². The molecule has 1 N–H and O–H groups in total. The summed E-state index contributed by atoms with van der Waals surface area (Å²) in [7, 11) is 0. The molecule has 0 unspecified atom stereocenters. The van der Waals surface area contributed by atoms with Crippen molar-refractivity contribution in [2.45, 2.75) is 45.1 Å². The largest absolute Gasteiger partial charge is 0.508 e. The maximum atomic E-state index is 12.3. The molecule has 1 aromatic carbocycles. The normalized spacial score (nSPS) is 21.7. The first-order valence-corrected chi connectivity index (χ1v) is 7.20. The van der Waals surface area contributed by atoms with E-state index in [4.69, 9.17) is 0 Å². The molecule has 2 amide bonds. The summed E-state index contributed by atoms with van der Waals surface area (Å²) in [5.41, 5.74) is 0.556. The van der Waals surface area contributed by atoms with Gasteiger partial charge < -0.3 is 5.11 Å². The predicted molar refractivity (Wildman–Crippen MR) is 73.8 cm³/mol. The Balaban J connectivity index is 1.77. The number of phenols is 1. The maximum Gasteiger partial charge on any atom is 0.230 e. The molecule has 0 atom stereocenters. The number of hydrogen-bond acceptors (Lipinski definition) is 3. The van der Waals surface area contributed by atoms with Crippen LogP contribution in [0.2, 0.25) is 0 Å². The van der Waals surface area contributed by atoms with Crippen LogP contribution >= 0.6 is 0 Å². The van der Waals surface area contributed by atoms with Gasteiger partial charge in [-0.15, -0.1) is 0 Å². The van der Waals surface area contributed by atoms with Crippen LogP contribution in [0.5, 0.6) is 5.75 Å². The summed E-state index contributed by atoms with van der Waals surface area (Å²) in [5.74, 6) is -0.0490. The number of amides is 2. The Labute approximate surface area is 118 Å². The van der Waals surface area contributed by atoms with Gasteiger partial charge in [0.1, 0.15) is 5.75 Å². The van der Waals surface area contributed by atoms with Gasteiger partial charge in [0.05, 0.1) is 6.54 Å². The number of carbonyl (C=O) groups excluding carboxylic acids is 2.